The molecule has 308 valence electrons. The molecule has 0 aliphatic heterocycles. The SMILES string of the molecule is N#Cc1ccc(-n2c3ccccc3c3cc(-c4ccc5c(c4)c4ccccc4n5-c4ccc(Cc5cccc6c5C(c5ccccc5)(c5ccccc5)c5ccccc5-6)cc4)ccc32)cc1. The van der Waals surface area contributed by atoms with E-state index in [0.717, 1.165) is 28.8 Å². The second-order valence-electron chi connectivity index (χ2n) is 17.5. The maximum Gasteiger partial charge on any atom is 0.0991 e. The molecule has 0 atom stereocenters. The van der Waals surface area contributed by atoms with E-state index >= 15 is 0 Å². The van der Waals surface area contributed by atoms with Crippen molar-refractivity contribution < 1.29 is 0 Å². The summed E-state index contributed by atoms with van der Waals surface area (Å²) in [6.45, 7) is 0. The number of benzene rings is 10. The molecule has 0 amide bonds. The van der Waals surface area contributed by atoms with Crippen molar-refractivity contribution in [2.24, 2.45) is 0 Å². The topological polar surface area (TPSA) is 33.6 Å². The van der Waals surface area contributed by atoms with E-state index in [0.29, 0.717) is 5.56 Å². The maximum absolute atomic E-state index is 9.44. The van der Waals surface area contributed by atoms with Gasteiger partial charge in [0.25, 0.3) is 0 Å². The predicted octanol–water partition coefficient (Wildman–Crippen LogP) is 15.4. The smallest absolute Gasteiger partial charge is 0.0991 e. The molecule has 12 aromatic rings. The third-order valence-corrected chi connectivity index (χ3v) is 14.1. The van der Waals surface area contributed by atoms with E-state index in [1.807, 2.05) is 24.3 Å². The molecule has 1 aliphatic carbocycles. The first-order valence-corrected chi connectivity index (χ1v) is 22.7. The van der Waals surface area contributed by atoms with E-state index < -0.39 is 5.41 Å². The molecule has 0 unspecified atom stereocenters. The highest BCUT2D eigenvalue weighted by Gasteiger charge is 2.47. The van der Waals surface area contributed by atoms with Crippen LogP contribution in [0.4, 0.5) is 0 Å². The van der Waals surface area contributed by atoms with Crippen molar-refractivity contribution in [3.05, 3.63) is 276 Å². The molecule has 0 fully saturated rings. The molecule has 66 heavy (non-hydrogen) atoms. The Bertz CT molecular complexity index is 3850. The van der Waals surface area contributed by atoms with Crippen LogP contribution in [0.25, 0.3) is 77.2 Å². The van der Waals surface area contributed by atoms with Crippen LogP contribution in [-0.2, 0) is 11.8 Å². The summed E-state index contributed by atoms with van der Waals surface area (Å²) in [5.41, 5.74) is 19.9. The van der Waals surface area contributed by atoms with Crippen LogP contribution < -0.4 is 0 Å². The first-order valence-electron chi connectivity index (χ1n) is 22.7. The summed E-state index contributed by atoms with van der Waals surface area (Å²) in [5.74, 6) is 0. The molecule has 1 aliphatic rings. The van der Waals surface area contributed by atoms with Gasteiger partial charge >= 0.3 is 0 Å². The van der Waals surface area contributed by atoms with E-state index in [4.69, 9.17) is 0 Å². The first kappa shape index (κ1) is 37.8. The van der Waals surface area contributed by atoms with Gasteiger partial charge in [0, 0.05) is 32.9 Å². The fourth-order valence-electron chi connectivity index (χ4n) is 11.3. The van der Waals surface area contributed by atoms with Crippen LogP contribution >= 0.6 is 0 Å². The van der Waals surface area contributed by atoms with Gasteiger partial charge in [-0.25, -0.2) is 0 Å². The number of nitrogens with zero attached hydrogens (tertiary/aromatic N) is 3. The fraction of sp³-hybridized carbons (Fsp3) is 0.0317. The molecule has 0 spiro atoms. The van der Waals surface area contributed by atoms with Gasteiger partial charge in [-0.15, -0.1) is 0 Å². The van der Waals surface area contributed by atoms with Crippen LogP contribution in [0.3, 0.4) is 0 Å². The third kappa shape index (κ3) is 5.62. The Hall–Kier alpha value is -8.71. The normalized spacial score (nSPS) is 12.7. The van der Waals surface area contributed by atoms with Crippen LogP contribution in [0.1, 0.15) is 38.9 Å². The predicted molar refractivity (Wildman–Crippen MR) is 272 cm³/mol. The van der Waals surface area contributed by atoms with Gasteiger partial charge in [0.15, 0.2) is 0 Å². The van der Waals surface area contributed by atoms with Gasteiger partial charge < -0.3 is 9.13 Å². The third-order valence-electron chi connectivity index (χ3n) is 14.1. The lowest BCUT2D eigenvalue weighted by Gasteiger charge is -2.35. The molecule has 13 rings (SSSR count). The average Bonchev–Trinajstić information content (AvgIpc) is 4.01. The zero-order valence-electron chi connectivity index (χ0n) is 36.1. The van der Waals surface area contributed by atoms with E-state index in [1.54, 1.807) is 0 Å². The summed E-state index contributed by atoms with van der Waals surface area (Å²) in [5, 5.41) is 14.3. The lowest BCUT2D eigenvalue weighted by molar-refractivity contribution is 0.757. The highest BCUT2D eigenvalue weighted by Crippen LogP contribution is 2.57. The summed E-state index contributed by atoms with van der Waals surface area (Å²) in [6.07, 6.45) is 0.811. The van der Waals surface area contributed by atoms with Crippen LogP contribution in [0.15, 0.2) is 237 Å². The van der Waals surface area contributed by atoms with Crippen molar-refractivity contribution >= 4 is 43.6 Å². The van der Waals surface area contributed by atoms with E-state index in [1.165, 1.54) is 88.2 Å². The largest absolute Gasteiger partial charge is 0.309 e. The van der Waals surface area contributed by atoms with E-state index in [2.05, 4.69) is 228 Å². The second-order valence-corrected chi connectivity index (χ2v) is 17.5. The minimum atomic E-state index is -0.441. The summed E-state index contributed by atoms with van der Waals surface area (Å²) < 4.78 is 4.71. The molecule has 2 heterocycles. The van der Waals surface area contributed by atoms with Crippen molar-refractivity contribution in [3.8, 4) is 39.7 Å². The quantitative estimate of drug-likeness (QED) is 0.157. The minimum Gasteiger partial charge on any atom is -0.309 e. The van der Waals surface area contributed by atoms with Crippen molar-refractivity contribution in [3.63, 3.8) is 0 Å². The Balaban J connectivity index is 0.890. The highest BCUT2D eigenvalue weighted by molar-refractivity contribution is 6.12. The van der Waals surface area contributed by atoms with Crippen LogP contribution in [0.2, 0.25) is 0 Å². The van der Waals surface area contributed by atoms with Gasteiger partial charge in [0.05, 0.1) is 39.1 Å². The molecule has 10 aromatic carbocycles. The fourth-order valence-corrected chi connectivity index (χ4v) is 11.3. The zero-order valence-corrected chi connectivity index (χ0v) is 36.1. The van der Waals surface area contributed by atoms with E-state index in [-0.39, 0.29) is 0 Å². The Morgan fingerprint density at radius 3 is 1.45 bits per heavy atom. The van der Waals surface area contributed by atoms with Crippen LogP contribution in [-0.4, -0.2) is 9.13 Å². The monoisotopic (exact) mass is 839 g/mol. The zero-order chi connectivity index (χ0) is 43.8. The molecular weight excluding hydrogens is 799 g/mol. The van der Waals surface area contributed by atoms with Gasteiger partial charge in [-0.3, -0.25) is 0 Å². The van der Waals surface area contributed by atoms with E-state index in [9.17, 15) is 5.26 Å². The van der Waals surface area contributed by atoms with Gasteiger partial charge in [0.2, 0.25) is 0 Å². The molecule has 0 saturated heterocycles. The number of hydrogen-bond donors (Lipinski definition) is 0. The van der Waals surface area contributed by atoms with Gasteiger partial charge in [0.1, 0.15) is 0 Å². The Labute approximate surface area is 383 Å². The standard InChI is InChI=1S/C63H41N3/c64-41-43-28-34-50(35-29-43)66-59-25-12-9-21-53(59)56-40-45(31-37-61(56)66)44-30-36-60-55(39-44)52-20-8-11-24-58(52)65(60)49-32-26-42(27-33-49)38-46-14-13-22-54-51-19-7-10-23-57(51)63(62(46)54,47-15-3-1-4-16-47)48-17-5-2-6-18-48/h1-37,39-40H,38H2. The van der Waals surface area contributed by atoms with Crippen LogP contribution in [0, 0.1) is 11.3 Å². The summed E-state index contributed by atoms with van der Waals surface area (Å²) in [6, 6.07) is 88.5. The molecule has 0 radical (unpaired) electrons. The molecule has 3 heteroatoms. The number of hydrogen-bond acceptors (Lipinski definition) is 1. The molecule has 0 saturated carbocycles. The Morgan fingerprint density at radius 2 is 0.879 bits per heavy atom. The molecule has 3 nitrogen and oxygen atoms in total. The molecule has 2 aromatic heterocycles. The lowest BCUT2D eigenvalue weighted by Crippen LogP contribution is -2.29. The van der Waals surface area contributed by atoms with Crippen molar-refractivity contribution in [2.75, 3.05) is 0 Å². The van der Waals surface area contributed by atoms with Crippen LogP contribution in [0.5, 0.6) is 0 Å². The van der Waals surface area contributed by atoms with Gasteiger partial charge in [-0.2, -0.15) is 5.26 Å². The highest BCUT2D eigenvalue weighted by atomic mass is 15.0. The van der Waals surface area contributed by atoms with Crippen molar-refractivity contribution in [1.29, 1.82) is 5.26 Å². The number of fused-ring (bicyclic) bond motifs is 9. The summed E-state index contributed by atoms with van der Waals surface area (Å²) >= 11 is 0. The first-order chi connectivity index (χ1) is 32.7. The van der Waals surface area contributed by atoms with Gasteiger partial charge in [-0.05, 0) is 135 Å². The number of aromatic nitrogens is 2. The maximum atomic E-state index is 9.44. The number of para-hydroxylation sites is 2. The minimum absolute atomic E-state index is 0.441. The number of rotatable bonds is 7. The average molecular weight is 840 g/mol. The molecular formula is C63H41N3. The second kappa shape index (κ2) is 14.9. The lowest BCUT2D eigenvalue weighted by atomic mass is 9.66. The molecule has 0 bridgehead atoms. The molecule has 0 N–H and O–H groups in total. The Kier molecular flexibility index (Phi) is 8.56. The summed E-state index contributed by atoms with van der Waals surface area (Å²) in [4.78, 5) is 0. The summed E-state index contributed by atoms with van der Waals surface area (Å²) in [7, 11) is 0. The van der Waals surface area contributed by atoms with Crippen molar-refractivity contribution in [2.45, 2.75) is 11.8 Å². The van der Waals surface area contributed by atoms with Gasteiger partial charge in [-0.1, -0.05) is 164 Å². The number of nitriles is 1. The van der Waals surface area contributed by atoms with Crippen molar-refractivity contribution in [1.82, 2.24) is 9.13 Å². The Morgan fingerprint density at radius 1 is 0.394 bits per heavy atom.